The van der Waals surface area contributed by atoms with Gasteiger partial charge in [-0.15, -0.1) is 0 Å². The monoisotopic (exact) mass is 308 g/mol. The number of carbonyl (C=O) groups excluding carboxylic acids is 2. The van der Waals surface area contributed by atoms with Crippen molar-refractivity contribution in [1.82, 2.24) is 4.90 Å². The van der Waals surface area contributed by atoms with Crippen LogP contribution >= 0.6 is 0 Å². The number of primary amides is 1. The summed E-state index contributed by atoms with van der Waals surface area (Å²) in [6, 6.07) is 4.53. The van der Waals surface area contributed by atoms with Crippen molar-refractivity contribution < 1.29 is 18.7 Å². The fourth-order valence-corrected chi connectivity index (χ4v) is 2.78. The Morgan fingerprint density at radius 1 is 1.41 bits per heavy atom. The van der Waals surface area contributed by atoms with Crippen LogP contribution in [0.3, 0.4) is 0 Å². The van der Waals surface area contributed by atoms with Gasteiger partial charge in [0.15, 0.2) is 11.6 Å². The molecule has 0 spiro atoms. The van der Waals surface area contributed by atoms with Gasteiger partial charge in [0.05, 0.1) is 19.4 Å². The molecule has 6 heteroatoms. The minimum atomic E-state index is -0.491. The maximum absolute atomic E-state index is 13.7. The van der Waals surface area contributed by atoms with Gasteiger partial charge in [0.25, 0.3) is 0 Å². The smallest absolute Gasteiger partial charge is 0.227 e. The number of halogens is 1. The first-order valence-corrected chi connectivity index (χ1v) is 7.33. The Balaban J connectivity index is 2.07. The van der Waals surface area contributed by atoms with E-state index in [9.17, 15) is 14.0 Å². The molecule has 1 fully saturated rings. The van der Waals surface area contributed by atoms with Crippen molar-refractivity contribution in [3.05, 3.63) is 29.6 Å². The van der Waals surface area contributed by atoms with Crippen LogP contribution in [0.4, 0.5) is 4.39 Å². The lowest BCUT2D eigenvalue weighted by Gasteiger charge is -2.37. The van der Waals surface area contributed by atoms with Gasteiger partial charge in [-0.05, 0) is 37.5 Å². The normalized spacial score (nSPS) is 21.5. The molecule has 5 nitrogen and oxygen atoms in total. The van der Waals surface area contributed by atoms with Crippen LogP contribution in [0.15, 0.2) is 18.2 Å². The SMILES string of the molecule is COc1ccc(CC(=O)N2C[C@@H](C(N)=O)CC[C@H]2C)cc1F. The van der Waals surface area contributed by atoms with Crippen LogP contribution in [-0.4, -0.2) is 36.4 Å². The third-order valence-corrected chi connectivity index (χ3v) is 4.18. The second-order valence-corrected chi connectivity index (χ2v) is 5.72. The van der Waals surface area contributed by atoms with E-state index >= 15 is 0 Å². The van der Waals surface area contributed by atoms with E-state index in [2.05, 4.69) is 0 Å². The van der Waals surface area contributed by atoms with E-state index in [1.165, 1.54) is 19.2 Å². The number of nitrogens with zero attached hydrogens (tertiary/aromatic N) is 1. The first kappa shape index (κ1) is 16.3. The van der Waals surface area contributed by atoms with Crippen molar-refractivity contribution in [1.29, 1.82) is 0 Å². The molecule has 1 aliphatic heterocycles. The standard InChI is InChI=1S/C16H21FN2O3/c1-10-3-5-12(16(18)21)9-19(10)15(20)8-11-4-6-14(22-2)13(17)7-11/h4,6-7,10,12H,3,5,8-9H2,1-2H3,(H2,18,21)/t10-,12+/m1/s1. The molecular formula is C16H21FN2O3. The Morgan fingerprint density at radius 2 is 2.14 bits per heavy atom. The zero-order valence-electron chi connectivity index (χ0n) is 12.8. The molecule has 1 aromatic carbocycles. The Hall–Kier alpha value is -2.11. The molecule has 0 aliphatic carbocycles. The van der Waals surface area contributed by atoms with E-state index in [4.69, 9.17) is 10.5 Å². The predicted molar refractivity (Wildman–Crippen MR) is 79.7 cm³/mol. The number of benzene rings is 1. The number of hydrogen-bond donors (Lipinski definition) is 1. The topological polar surface area (TPSA) is 72.6 Å². The molecule has 0 radical (unpaired) electrons. The van der Waals surface area contributed by atoms with Gasteiger partial charge in [-0.2, -0.15) is 0 Å². The summed E-state index contributed by atoms with van der Waals surface area (Å²) in [5.41, 5.74) is 5.92. The van der Waals surface area contributed by atoms with Gasteiger partial charge >= 0.3 is 0 Å². The zero-order valence-corrected chi connectivity index (χ0v) is 12.8. The Bertz CT molecular complexity index is 577. The zero-order chi connectivity index (χ0) is 16.3. The second-order valence-electron chi connectivity index (χ2n) is 5.72. The Labute approximate surface area is 129 Å². The summed E-state index contributed by atoms with van der Waals surface area (Å²) in [5.74, 6) is -1.14. The number of methoxy groups -OCH3 is 1. The molecule has 2 atom stereocenters. The van der Waals surface area contributed by atoms with E-state index in [0.29, 0.717) is 18.5 Å². The summed E-state index contributed by atoms with van der Waals surface area (Å²) in [6.07, 6.45) is 1.55. The van der Waals surface area contributed by atoms with Gasteiger partial charge in [-0.3, -0.25) is 9.59 Å². The largest absolute Gasteiger partial charge is 0.494 e. The number of hydrogen-bond acceptors (Lipinski definition) is 3. The minimum Gasteiger partial charge on any atom is -0.494 e. The van der Waals surface area contributed by atoms with Gasteiger partial charge in [-0.1, -0.05) is 6.07 Å². The van der Waals surface area contributed by atoms with Gasteiger partial charge in [-0.25, -0.2) is 4.39 Å². The van der Waals surface area contributed by atoms with E-state index in [1.807, 2.05) is 6.92 Å². The lowest BCUT2D eigenvalue weighted by atomic mass is 9.92. The number of piperidine rings is 1. The highest BCUT2D eigenvalue weighted by atomic mass is 19.1. The number of likely N-dealkylation sites (tertiary alicyclic amines) is 1. The number of rotatable bonds is 4. The van der Waals surface area contributed by atoms with E-state index < -0.39 is 5.82 Å². The highest BCUT2D eigenvalue weighted by molar-refractivity contribution is 5.81. The summed E-state index contributed by atoms with van der Waals surface area (Å²) in [5, 5.41) is 0. The van der Waals surface area contributed by atoms with Crippen molar-refractivity contribution in [2.75, 3.05) is 13.7 Å². The minimum absolute atomic E-state index is 0.0613. The number of carbonyl (C=O) groups is 2. The molecule has 2 rings (SSSR count). The first-order chi connectivity index (χ1) is 10.4. The van der Waals surface area contributed by atoms with Gasteiger partial charge < -0.3 is 15.4 Å². The molecule has 0 saturated carbocycles. The Kier molecular flexibility index (Phi) is 5.00. The van der Waals surface area contributed by atoms with Crippen LogP contribution < -0.4 is 10.5 Å². The van der Waals surface area contributed by atoms with Crippen molar-refractivity contribution in [3.63, 3.8) is 0 Å². The molecular weight excluding hydrogens is 287 g/mol. The van der Waals surface area contributed by atoms with Crippen molar-refractivity contribution in [2.24, 2.45) is 11.7 Å². The third kappa shape index (κ3) is 3.55. The average molecular weight is 308 g/mol. The molecule has 1 aromatic rings. The number of nitrogens with two attached hydrogens (primary N) is 1. The number of ether oxygens (including phenoxy) is 1. The van der Waals surface area contributed by atoms with Gasteiger partial charge in [0.2, 0.25) is 11.8 Å². The molecule has 120 valence electrons. The number of amides is 2. The summed E-state index contributed by atoms with van der Waals surface area (Å²) >= 11 is 0. The molecule has 1 heterocycles. The lowest BCUT2D eigenvalue weighted by Crippen LogP contribution is -2.49. The maximum Gasteiger partial charge on any atom is 0.227 e. The lowest BCUT2D eigenvalue weighted by molar-refractivity contribution is -0.136. The van der Waals surface area contributed by atoms with E-state index in [1.54, 1.807) is 11.0 Å². The summed E-state index contributed by atoms with van der Waals surface area (Å²) < 4.78 is 18.5. The van der Waals surface area contributed by atoms with Crippen LogP contribution in [0, 0.1) is 11.7 Å². The van der Waals surface area contributed by atoms with E-state index in [0.717, 1.165) is 6.42 Å². The van der Waals surface area contributed by atoms with Crippen LogP contribution in [0.5, 0.6) is 5.75 Å². The average Bonchev–Trinajstić information content (AvgIpc) is 2.47. The predicted octanol–water partition coefficient (Wildman–Crippen LogP) is 1.49. The highest BCUT2D eigenvalue weighted by Gasteiger charge is 2.31. The molecule has 22 heavy (non-hydrogen) atoms. The summed E-state index contributed by atoms with van der Waals surface area (Å²) in [6.45, 7) is 2.29. The Morgan fingerprint density at radius 3 is 2.73 bits per heavy atom. The van der Waals surface area contributed by atoms with Crippen LogP contribution in [0.25, 0.3) is 0 Å². The maximum atomic E-state index is 13.7. The van der Waals surface area contributed by atoms with E-state index in [-0.39, 0.29) is 35.9 Å². The molecule has 0 unspecified atom stereocenters. The van der Waals surface area contributed by atoms with Gasteiger partial charge in [0.1, 0.15) is 0 Å². The van der Waals surface area contributed by atoms with Crippen molar-refractivity contribution in [3.8, 4) is 5.75 Å². The molecule has 0 aromatic heterocycles. The van der Waals surface area contributed by atoms with Gasteiger partial charge in [0, 0.05) is 12.6 Å². The quantitative estimate of drug-likeness (QED) is 0.916. The molecule has 0 bridgehead atoms. The molecule has 1 aliphatic rings. The summed E-state index contributed by atoms with van der Waals surface area (Å²) in [4.78, 5) is 25.4. The van der Waals surface area contributed by atoms with Crippen LogP contribution in [-0.2, 0) is 16.0 Å². The molecule has 2 amide bonds. The molecule has 2 N–H and O–H groups in total. The van der Waals surface area contributed by atoms with Crippen LogP contribution in [0.1, 0.15) is 25.3 Å². The van der Waals surface area contributed by atoms with Crippen LogP contribution in [0.2, 0.25) is 0 Å². The first-order valence-electron chi connectivity index (χ1n) is 7.33. The fourth-order valence-electron chi connectivity index (χ4n) is 2.78. The summed E-state index contributed by atoms with van der Waals surface area (Å²) in [7, 11) is 1.39. The third-order valence-electron chi connectivity index (χ3n) is 4.18. The molecule has 1 saturated heterocycles. The fraction of sp³-hybridized carbons (Fsp3) is 0.500. The highest BCUT2D eigenvalue weighted by Crippen LogP contribution is 2.23. The van der Waals surface area contributed by atoms with Crippen molar-refractivity contribution in [2.45, 2.75) is 32.2 Å². The van der Waals surface area contributed by atoms with Crippen molar-refractivity contribution >= 4 is 11.8 Å². The second kappa shape index (κ2) is 6.77.